The molecule has 1 aromatic rings. The standard InChI is InChI=1S/C28H43NO11/c1-9-17(5)35-27(32)39-23-12-11-21(14-24(23)40-28(33)36-18(6)10-2)13-22(29)25(30)34-15-19(7)37-26(31)38-20(8)16(3)4/h11-12,14,16-20,22H,9-10,13,15,29H2,1-8H3/t17?,18?,19-,20?,22-/m0/s1. The quantitative estimate of drug-likeness (QED) is 0.175. The minimum Gasteiger partial charge on any atom is -0.461 e. The van der Waals surface area contributed by atoms with Crippen molar-refractivity contribution >= 4 is 24.4 Å². The maximum atomic E-state index is 12.5. The van der Waals surface area contributed by atoms with E-state index in [0.717, 1.165) is 0 Å². The molecule has 0 aliphatic carbocycles. The molecule has 1 rings (SSSR count). The number of hydrogen-bond acceptors (Lipinski definition) is 12. The highest BCUT2D eigenvalue weighted by atomic mass is 16.8. The molecule has 0 aliphatic rings. The second-order valence-electron chi connectivity index (χ2n) is 9.84. The van der Waals surface area contributed by atoms with E-state index in [4.69, 9.17) is 38.9 Å². The van der Waals surface area contributed by atoms with Crippen molar-refractivity contribution in [2.45, 2.75) is 105 Å². The number of esters is 1. The molecule has 0 aromatic heterocycles. The van der Waals surface area contributed by atoms with Crippen LogP contribution in [0.15, 0.2) is 18.2 Å². The second kappa shape index (κ2) is 17.2. The zero-order valence-corrected chi connectivity index (χ0v) is 24.6. The molecule has 1 aromatic carbocycles. The highest BCUT2D eigenvalue weighted by Gasteiger charge is 2.23. The third-order valence-corrected chi connectivity index (χ3v) is 5.88. The molecule has 0 saturated heterocycles. The van der Waals surface area contributed by atoms with Gasteiger partial charge in [-0.05, 0) is 70.6 Å². The lowest BCUT2D eigenvalue weighted by Crippen LogP contribution is -2.36. The van der Waals surface area contributed by atoms with Gasteiger partial charge in [0.1, 0.15) is 37.1 Å². The van der Waals surface area contributed by atoms with Gasteiger partial charge in [0.05, 0.1) is 0 Å². The highest BCUT2D eigenvalue weighted by molar-refractivity contribution is 5.76. The SMILES string of the molecule is CCC(C)OC(=O)Oc1ccc(C[C@H](N)C(=O)OC[C@H](C)OC(=O)OC(C)C(C)C)cc1OC(=O)OC(C)CC. The van der Waals surface area contributed by atoms with Crippen LogP contribution >= 0.6 is 0 Å². The second-order valence-corrected chi connectivity index (χ2v) is 9.84. The summed E-state index contributed by atoms with van der Waals surface area (Å²) < 4.78 is 36.2. The lowest BCUT2D eigenvalue weighted by atomic mass is 10.1. The molecule has 12 nitrogen and oxygen atoms in total. The summed E-state index contributed by atoms with van der Waals surface area (Å²) in [7, 11) is 0. The van der Waals surface area contributed by atoms with Crippen molar-refractivity contribution in [2.24, 2.45) is 11.7 Å². The van der Waals surface area contributed by atoms with Crippen molar-refractivity contribution in [3.05, 3.63) is 23.8 Å². The summed E-state index contributed by atoms with van der Waals surface area (Å²) in [6.45, 7) is 14.0. The van der Waals surface area contributed by atoms with Gasteiger partial charge in [-0.2, -0.15) is 0 Å². The molecule has 226 valence electrons. The van der Waals surface area contributed by atoms with Crippen molar-refractivity contribution in [3.8, 4) is 11.5 Å². The molecule has 0 spiro atoms. The van der Waals surface area contributed by atoms with E-state index in [2.05, 4.69) is 0 Å². The first-order valence-electron chi connectivity index (χ1n) is 13.4. The zero-order chi connectivity index (χ0) is 30.4. The summed E-state index contributed by atoms with van der Waals surface area (Å²) in [5.41, 5.74) is 6.50. The van der Waals surface area contributed by atoms with Crippen molar-refractivity contribution in [3.63, 3.8) is 0 Å². The topological polar surface area (TPSA) is 159 Å². The van der Waals surface area contributed by atoms with Gasteiger partial charge in [0, 0.05) is 0 Å². The fraction of sp³-hybridized carbons (Fsp3) is 0.643. The molecule has 2 N–H and O–H groups in total. The summed E-state index contributed by atoms with van der Waals surface area (Å²) in [6, 6.07) is 3.23. The van der Waals surface area contributed by atoms with E-state index in [-0.39, 0.29) is 42.7 Å². The molecule has 3 unspecified atom stereocenters. The first-order chi connectivity index (χ1) is 18.7. The van der Waals surface area contributed by atoms with Crippen LogP contribution in [-0.4, -0.2) is 61.5 Å². The van der Waals surface area contributed by atoms with Gasteiger partial charge >= 0.3 is 24.4 Å². The molecule has 0 heterocycles. The molecule has 40 heavy (non-hydrogen) atoms. The summed E-state index contributed by atoms with van der Waals surface area (Å²) in [4.78, 5) is 48.7. The van der Waals surface area contributed by atoms with E-state index in [1.54, 1.807) is 33.8 Å². The van der Waals surface area contributed by atoms with E-state index in [1.165, 1.54) is 12.1 Å². The van der Waals surface area contributed by atoms with Crippen LogP contribution < -0.4 is 15.2 Å². The number of carbonyl (C=O) groups excluding carboxylic acids is 4. The minimum atomic E-state index is -1.10. The monoisotopic (exact) mass is 569 g/mol. The van der Waals surface area contributed by atoms with Crippen molar-refractivity contribution in [2.75, 3.05) is 6.61 Å². The first-order valence-corrected chi connectivity index (χ1v) is 13.4. The van der Waals surface area contributed by atoms with Gasteiger partial charge in [-0.3, -0.25) is 4.79 Å². The lowest BCUT2D eigenvalue weighted by molar-refractivity contribution is -0.148. The molecule has 0 fully saturated rings. The van der Waals surface area contributed by atoms with E-state index < -0.39 is 42.7 Å². The summed E-state index contributed by atoms with van der Waals surface area (Å²) in [6.07, 6.45) is -3.54. The molecule has 5 atom stereocenters. The van der Waals surface area contributed by atoms with E-state index >= 15 is 0 Å². The van der Waals surface area contributed by atoms with Crippen molar-refractivity contribution in [1.29, 1.82) is 0 Å². The molecule has 0 aliphatic heterocycles. The Balaban J connectivity index is 2.85. The predicted octanol–water partition coefficient (Wildman–Crippen LogP) is 5.31. The van der Waals surface area contributed by atoms with Crippen LogP contribution in [0.3, 0.4) is 0 Å². The number of ether oxygens (including phenoxy) is 7. The number of carbonyl (C=O) groups is 4. The third-order valence-electron chi connectivity index (χ3n) is 5.88. The maximum Gasteiger partial charge on any atom is 0.514 e. The van der Waals surface area contributed by atoms with Gasteiger partial charge in [-0.1, -0.05) is 33.8 Å². The predicted molar refractivity (Wildman–Crippen MR) is 144 cm³/mol. The van der Waals surface area contributed by atoms with Crippen LogP contribution in [-0.2, 0) is 34.9 Å². The van der Waals surface area contributed by atoms with Crippen molar-refractivity contribution in [1.82, 2.24) is 0 Å². The summed E-state index contributed by atoms with van der Waals surface area (Å²) in [5.74, 6) is -0.826. The Bertz CT molecular complexity index is 981. The van der Waals surface area contributed by atoms with Gasteiger partial charge in [-0.25, -0.2) is 14.4 Å². The third kappa shape index (κ3) is 13.0. The average molecular weight is 570 g/mol. The van der Waals surface area contributed by atoms with E-state index in [9.17, 15) is 19.2 Å². The number of rotatable bonds is 14. The fourth-order valence-corrected chi connectivity index (χ4v) is 2.72. The Morgan fingerprint density at radius 2 is 1.25 bits per heavy atom. The molecule has 0 radical (unpaired) electrons. The Morgan fingerprint density at radius 1 is 0.725 bits per heavy atom. The van der Waals surface area contributed by atoms with Gasteiger partial charge in [0.2, 0.25) is 0 Å². The molecule has 0 saturated carbocycles. The number of hydrogen-bond donors (Lipinski definition) is 1. The van der Waals surface area contributed by atoms with Crippen LogP contribution in [0, 0.1) is 5.92 Å². The summed E-state index contributed by atoms with van der Waals surface area (Å²) in [5, 5.41) is 0. The molecule has 12 heteroatoms. The van der Waals surface area contributed by atoms with Gasteiger partial charge in [0.15, 0.2) is 11.5 Å². The lowest BCUT2D eigenvalue weighted by Gasteiger charge is -2.19. The Labute approximate surface area is 235 Å². The van der Waals surface area contributed by atoms with E-state index in [1.807, 2.05) is 27.7 Å². The minimum absolute atomic E-state index is 0.00359. The Morgan fingerprint density at radius 3 is 1.77 bits per heavy atom. The Hall–Kier alpha value is -3.54. The van der Waals surface area contributed by atoms with Crippen LogP contribution in [0.2, 0.25) is 0 Å². The van der Waals surface area contributed by atoms with Crippen molar-refractivity contribution < 1.29 is 52.3 Å². The number of nitrogens with two attached hydrogens (primary N) is 1. The molecular weight excluding hydrogens is 526 g/mol. The highest BCUT2D eigenvalue weighted by Crippen LogP contribution is 2.30. The first kappa shape index (κ1) is 34.5. The largest absolute Gasteiger partial charge is 0.514 e. The zero-order valence-electron chi connectivity index (χ0n) is 24.6. The fourth-order valence-electron chi connectivity index (χ4n) is 2.72. The smallest absolute Gasteiger partial charge is 0.461 e. The number of benzene rings is 1. The Kier molecular flexibility index (Phi) is 14.8. The molecule has 0 amide bonds. The van der Waals surface area contributed by atoms with Crippen LogP contribution in [0.5, 0.6) is 11.5 Å². The van der Waals surface area contributed by atoms with Crippen LogP contribution in [0.25, 0.3) is 0 Å². The summed E-state index contributed by atoms with van der Waals surface area (Å²) >= 11 is 0. The van der Waals surface area contributed by atoms with E-state index in [0.29, 0.717) is 18.4 Å². The average Bonchev–Trinajstić information content (AvgIpc) is 2.88. The van der Waals surface area contributed by atoms with Crippen LogP contribution in [0.1, 0.15) is 73.8 Å². The maximum absolute atomic E-state index is 12.5. The normalized spacial score (nSPS) is 14.7. The molecule has 0 bridgehead atoms. The van der Waals surface area contributed by atoms with Crippen LogP contribution in [0.4, 0.5) is 14.4 Å². The van der Waals surface area contributed by atoms with Gasteiger partial charge in [0.25, 0.3) is 0 Å². The van der Waals surface area contributed by atoms with Gasteiger partial charge < -0.3 is 38.9 Å². The van der Waals surface area contributed by atoms with Gasteiger partial charge in [-0.15, -0.1) is 0 Å². The molecular formula is C28H43NO11.